The lowest BCUT2D eigenvalue weighted by atomic mass is 10.1. The van der Waals surface area contributed by atoms with Gasteiger partial charge in [0.15, 0.2) is 0 Å². The largest absolute Gasteiger partial charge is 0.384 e. The molecule has 0 aliphatic carbocycles. The molecule has 0 aliphatic rings. The van der Waals surface area contributed by atoms with Gasteiger partial charge in [-0.3, -0.25) is 5.41 Å². The lowest BCUT2D eigenvalue weighted by Gasteiger charge is -2.12. The van der Waals surface area contributed by atoms with Crippen molar-refractivity contribution < 1.29 is 4.39 Å². The number of nitrogen functional groups attached to an aromatic ring is 1. The molecule has 0 spiro atoms. The summed E-state index contributed by atoms with van der Waals surface area (Å²) in [7, 11) is 0. The van der Waals surface area contributed by atoms with Gasteiger partial charge in [0.25, 0.3) is 0 Å². The molecule has 3 N–H and O–H groups in total. The number of hydrogen-bond donors (Lipinski definition) is 2. The normalized spacial score (nSPS) is 10.5. The summed E-state index contributed by atoms with van der Waals surface area (Å²) >= 11 is 0. The minimum atomic E-state index is -0.495. The Morgan fingerprint density at radius 1 is 1.53 bits per heavy atom. The van der Waals surface area contributed by atoms with E-state index in [2.05, 4.69) is 4.98 Å². The minimum Gasteiger partial charge on any atom is -0.384 e. The zero-order chi connectivity index (χ0) is 12.4. The molecule has 88 valence electrons. The van der Waals surface area contributed by atoms with Crippen LogP contribution >= 0.6 is 0 Å². The van der Waals surface area contributed by atoms with Gasteiger partial charge >= 0.3 is 0 Å². The fourth-order valence-corrected chi connectivity index (χ4v) is 1.80. The first-order valence-electron chi connectivity index (χ1n) is 5.30. The molecule has 0 fully saturated rings. The van der Waals surface area contributed by atoms with E-state index in [1.54, 1.807) is 29.1 Å². The Labute approximate surface area is 98.4 Å². The van der Waals surface area contributed by atoms with Gasteiger partial charge in [0.2, 0.25) is 0 Å². The number of hydrogen-bond acceptors (Lipinski definition) is 2. The Morgan fingerprint density at radius 3 is 2.94 bits per heavy atom. The number of benzene rings is 1. The SMILES string of the molecule is CCc1nccn1-c1cccc(F)c1C(=N)N. The summed E-state index contributed by atoms with van der Waals surface area (Å²) in [6.45, 7) is 1.96. The number of amidine groups is 1. The molecule has 0 saturated carbocycles. The van der Waals surface area contributed by atoms with Gasteiger partial charge in [0.1, 0.15) is 17.5 Å². The molecule has 0 unspecified atom stereocenters. The number of nitrogens with two attached hydrogens (primary N) is 1. The van der Waals surface area contributed by atoms with Crippen LogP contribution in [0.2, 0.25) is 0 Å². The maximum Gasteiger partial charge on any atom is 0.136 e. The first-order valence-corrected chi connectivity index (χ1v) is 5.30. The van der Waals surface area contributed by atoms with Crippen molar-refractivity contribution >= 4 is 5.84 Å². The van der Waals surface area contributed by atoms with Crippen molar-refractivity contribution in [1.82, 2.24) is 9.55 Å². The zero-order valence-electron chi connectivity index (χ0n) is 9.44. The highest BCUT2D eigenvalue weighted by Gasteiger charge is 2.14. The molecular formula is C12H13FN4. The molecule has 5 heteroatoms. The molecule has 2 rings (SSSR count). The van der Waals surface area contributed by atoms with Gasteiger partial charge in [-0.2, -0.15) is 0 Å². The van der Waals surface area contributed by atoms with Crippen molar-refractivity contribution in [3.8, 4) is 5.69 Å². The van der Waals surface area contributed by atoms with E-state index in [0.29, 0.717) is 5.69 Å². The molecule has 2 aromatic rings. The quantitative estimate of drug-likeness (QED) is 0.626. The molecule has 1 heterocycles. The first-order chi connectivity index (χ1) is 8.15. The topological polar surface area (TPSA) is 67.7 Å². The van der Waals surface area contributed by atoms with Gasteiger partial charge in [-0.1, -0.05) is 13.0 Å². The third-order valence-electron chi connectivity index (χ3n) is 2.55. The van der Waals surface area contributed by atoms with Crippen LogP contribution in [0.4, 0.5) is 4.39 Å². The number of aryl methyl sites for hydroxylation is 1. The van der Waals surface area contributed by atoms with Crippen LogP contribution < -0.4 is 5.73 Å². The van der Waals surface area contributed by atoms with Crippen LogP contribution in [0.1, 0.15) is 18.3 Å². The molecular weight excluding hydrogens is 219 g/mol. The van der Waals surface area contributed by atoms with E-state index >= 15 is 0 Å². The second kappa shape index (κ2) is 4.37. The van der Waals surface area contributed by atoms with E-state index in [1.807, 2.05) is 6.92 Å². The Morgan fingerprint density at radius 2 is 2.29 bits per heavy atom. The second-order valence-corrected chi connectivity index (χ2v) is 3.61. The number of nitrogens with zero attached hydrogens (tertiary/aromatic N) is 2. The predicted molar refractivity (Wildman–Crippen MR) is 63.9 cm³/mol. The second-order valence-electron chi connectivity index (χ2n) is 3.61. The molecule has 0 radical (unpaired) electrons. The molecule has 0 bridgehead atoms. The fraction of sp³-hybridized carbons (Fsp3) is 0.167. The number of rotatable bonds is 3. The molecule has 4 nitrogen and oxygen atoms in total. The van der Waals surface area contributed by atoms with E-state index in [4.69, 9.17) is 11.1 Å². The van der Waals surface area contributed by atoms with E-state index < -0.39 is 5.82 Å². The average molecular weight is 232 g/mol. The van der Waals surface area contributed by atoms with Crippen molar-refractivity contribution in [3.05, 3.63) is 47.8 Å². The molecule has 0 amide bonds. The van der Waals surface area contributed by atoms with E-state index in [0.717, 1.165) is 12.2 Å². The van der Waals surface area contributed by atoms with Crippen LogP contribution in [0.5, 0.6) is 0 Å². The highest BCUT2D eigenvalue weighted by molar-refractivity contribution is 5.98. The van der Waals surface area contributed by atoms with Crippen molar-refractivity contribution in [2.24, 2.45) is 5.73 Å². The van der Waals surface area contributed by atoms with Crippen LogP contribution in [0.15, 0.2) is 30.6 Å². The zero-order valence-corrected chi connectivity index (χ0v) is 9.44. The average Bonchev–Trinajstić information content (AvgIpc) is 2.75. The summed E-state index contributed by atoms with van der Waals surface area (Å²) in [5.74, 6) is 0.0257. The smallest absolute Gasteiger partial charge is 0.136 e. The van der Waals surface area contributed by atoms with Crippen molar-refractivity contribution in [3.63, 3.8) is 0 Å². The lowest BCUT2D eigenvalue weighted by molar-refractivity contribution is 0.623. The van der Waals surface area contributed by atoms with Crippen LogP contribution in [-0.2, 0) is 6.42 Å². The number of nitrogens with one attached hydrogen (secondary N) is 1. The third kappa shape index (κ3) is 1.91. The minimum absolute atomic E-state index is 0.111. The maximum absolute atomic E-state index is 13.7. The van der Waals surface area contributed by atoms with Gasteiger partial charge in [-0.05, 0) is 12.1 Å². The molecule has 17 heavy (non-hydrogen) atoms. The molecule has 0 saturated heterocycles. The summed E-state index contributed by atoms with van der Waals surface area (Å²) in [6, 6.07) is 4.61. The van der Waals surface area contributed by atoms with Crippen molar-refractivity contribution in [2.45, 2.75) is 13.3 Å². The van der Waals surface area contributed by atoms with Crippen molar-refractivity contribution in [2.75, 3.05) is 0 Å². The van der Waals surface area contributed by atoms with Crippen LogP contribution in [0.25, 0.3) is 5.69 Å². The molecule has 0 aliphatic heterocycles. The summed E-state index contributed by atoms with van der Waals surface area (Å²) in [5, 5.41) is 7.45. The standard InChI is InChI=1S/C12H13FN4/c1-2-10-16-6-7-17(10)9-5-3-4-8(13)11(9)12(14)15/h3-7H,2H2,1H3,(H3,14,15). The van der Waals surface area contributed by atoms with Crippen LogP contribution in [0.3, 0.4) is 0 Å². The van der Waals surface area contributed by atoms with Gasteiger partial charge in [0, 0.05) is 18.8 Å². The summed E-state index contributed by atoms with van der Waals surface area (Å²) in [6.07, 6.45) is 4.11. The highest BCUT2D eigenvalue weighted by Crippen LogP contribution is 2.19. The number of imidazole rings is 1. The Hall–Kier alpha value is -2.17. The lowest BCUT2D eigenvalue weighted by Crippen LogP contribution is -2.17. The predicted octanol–water partition coefficient (Wildman–Crippen LogP) is 1.86. The van der Waals surface area contributed by atoms with Gasteiger partial charge < -0.3 is 10.3 Å². The Balaban J connectivity index is 2.67. The van der Waals surface area contributed by atoms with E-state index in [9.17, 15) is 4.39 Å². The first kappa shape index (κ1) is 11.3. The highest BCUT2D eigenvalue weighted by atomic mass is 19.1. The van der Waals surface area contributed by atoms with Crippen LogP contribution in [-0.4, -0.2) is 15.4 Å². The monoisotopic (exact) mass is 232 g/mol. The molecule has 1 aromatic heterocycles. The summed E-state index contributed by atoms with van der Waals surface area (Å²) in [4.78, 5) is 4.17. The van der Waals surface area contributed by atoms with E-state index in [1.165, 1.54) is 6.07 Å². The Bertz CT molecular complexity index is 559. The number of aromatic nitrogens is 2. The summed E-state index contributed by atoms with van der Waals surface area (Å²) in [5.41, 5.74) is 6.08. The van der Waals surface area contributed by atoms with Gasteiger partial charge in [0.05, 0.1) is 11.3 Å². The maximum atomic E-state index is 13.7. The molecule has 0 atom stereocenters. The number of halogens is 1. The molecule has 1 aromatic carbocycles. The van der Waals surface area contributed by atoms with Gasteiger partial charge in [-0.25, -0.2) is 9.37 Å². The Kier molecular flexibility index (Phi) is 2.91. The van der Waals surface area contributed by atoms with Gasteiger partial charge in [-0.15, -0.1) is 0 Å². The van der Waals surface area contributed by atoms with Crippen molar-refractivity contribution in [1.29, 1.82) is 5.41 Å². The fourth-order valence-electron chi connectivity index (χ4n) is 1.80. The van der Waals surface area contributed by atoms with Crippen LogP contribution in [0, 0.1) is 11.2 Å². The third-order valence-corrected chi connectivity index (χ3v) is 2.55. The van der Waals surface area contributed by atoms with E-state index in [-0.39, 0.29) is 11.4 Å². The summed E-state index contributed by atoms with van der Waals surface area (Å²) < 4.78 is 15.4.